The number of carbonyl (C=O) groups is 2. The second-order valence-corrected chi connectivity index (χ2v) is 9.70. The van der Waals surface area contributed by atoms with Gasteiger partial charge >= 0.3 is 0 Å². The fraction of sp³-hybridized carbons (Fsp3) is 0.290. The van der Waals surface area contributed by atoms with E-state index in [0.717, 1.165) is 12.1 Å². The van der Waals surface area contributed by atoms with Gasteiger partial charge in [0.15, 0.2) is 0 Å². The largest absolute Gasteiger partial charge is 0.507 e. The number of hydrogen-bond donors (Lipinski definition) is 1. The second-order valence-electron chi connectivity index (χ2n) is 9.70. The van der Waals surface area contributed by atoms with Gasteiger partial charge in [0.2, 0.25) is 0 Å². The number of ketones is 1. The molecule has 1 aliphatic heterocycles. The lowest BCUT2D eigenvalue weighted by molar-refractivity contribution is -0.132. The predicted molar refractivity (Wildman–Crippen MR) is 150 cm³/mol. The van der Waals surface area contributed by atoms with E-state index in [1.165, 1.54) is 4.90 Å². The number of nitrogens with zero attached hydrogens (tertiary/aromatic N) is 2. The summed E-state index contributed by atoms with van der Waals surface area (Å²) in [6, 6.07) is 20.8. The first-order valence-electron chi connectivity index (χ1n) is 12.8. The number of anilines is 2. The molecule has 3 aromatic carbocycles. The summed E-state index contributed by atoms with van der Waals surface area (Å²) in [4.78, 5) is 30.4. The zero-order valence-electron chi connectivity index (χ0n) is 22.5. The van der Waals surface area contributed by atoms with Gasteiger partial charge in [0.25, 0.3) is 11.7 Å². The average molecular weight is 515 g/mol. The van der Waals surface area contributed by atoms with Gasteiger partial charge in [-0.25, -0.2) is 0 Å². The fourth-order valence-corrected chi connectivity index (χ4v) is 4.46. The van der Waals surface area contributed by atoms with E-state index in [-0.39, 0.29) is 17.4 Å². The van der Waals surface area contributed by atoms with E-state index >= 15 is 0 Å². The third-order valence-corrected chi connectivity index (χ3v) is 6.22. The van der Waals surface area contributed by atoms with Gasteiger partial charge in [0.05, 0.1) is 24.3 Å². The Balaban J connectivity index is 1.87. The second kappa shape index (κ2) is 11.4. The molecule has 38 heavy (non-hydrogen) atoms. The number of benzene rings is 3. The van der Waals surface area contributed by atoms with Crippen LogP contribution < -0.4 is 19.3 Å². The Morgan fingerprint density at radius 2 is 1.66 bits per heavy atom. The van der Waals surface area contributed by atoms with Crippen LogP contribution in [0, 0.1) is 0 Å². The molecule has 0 saturated carbocycles. The van der Waals surface area contributed by atoms with Crippen LogP contribution in [0.3, 0.4) is 0 Å². The minimum atomic E-state index is -0.831. The average Bonchev–Trinajstić information content (AvgIpc) is 3.17. The van der Waals surface area contributed by atoms with Gasteiger partial charge in [-0.05, 0) is 62.2 Å². The summed E-state index contributed by atoms with van der Waals surface area (Å²) >= 11 is 0. The molecule has 0 aromatic heterocycles. The fourth-order valence-electron chi connectivity index (χ4n) is 4.46. The molecule has 0 bridgehead atoms. The van der Waals surface area contributed by atoms with Crippen LogP contribution in [-0.2, 0) is 9.59 Å². The van der Waals surface area contributed by atoms with Crippen molar-refractivity contribution >= 4 is 28.8 Å². The van der Waals surface area contributed by atoms with E-state index in [9.17, 15) is 14.7 Å². The van der Waals surface area contributed by atoms with Crippen molar-refractivity contribution in [1.82, 2.24) is 0 Å². The van der Waals surface area contributed by atoms with Gasteiger partial charge in [0, 0.05) is 37.1 Å². The molecular formula is C31H34N2O5. The standard InChI is InChI=1S/C31H34N2O5/c1-6-17-37-25-11-8-10-24(19-25)33-28(21-13-15-23(16-14-21)32(4)5)27(30(35)31(33)36)29(34)22-9-7-12-26(18-22)38-20(2)3/h7-16,18-20,28,34H,6,17H2,1-5H3/b29-27+. The van der Waals surface area contributed by atoms with Gasteiger partial charge in [-0.1, -0.05) is 37.3 Å². The number of hydrogen-bond acceptors (Lipinski definition) is 6. The molecule has 1 atom stereocenters. The summed E-state index contributed by atoms with van der Waals surface area (Å²) in [7, 11) is 3.88. The summed E-state index contributed by atoms with van der Waals surface area (Å²) in [5.41, 5.74) is 2.61. The van der Waals surface area contributed by atoms with Gasteiger partial charge in [-0.3, -0.25) is 14.5 Å². The molecule has 1 N–H and O–H groups in total. The normalized spacial score (nSPS) is 16.7. The van der Waals surface area contributed by atoms with Crippen LogP contribution in [0.4, 0.5) is 11.4 Å². The van der Waals surface area contributed by atoms with E-state index in [1.54, 1.807) is 42.5 Å². The van der Waals surface area contributed by atoms with Crippen molar-refractivity contribution in [3.63, 3.8) is 0 Å². The van der Waals surface area contributed by atoms with Crippen molar-refractivity contribution in [2.75, 3.05) is 30.5 Å². The lowest BCUT2D eigenvalue weighted by Gasteiger charge is -2.26. The van der Waals surface area contributed by atoms with Crippen molar-refractivity contribution in [3.05, 3.63) is 89.5 Å². The molecular weight excluding hydrogens is 480 g/mol. The lowest BCUT2D eigenvalue weighted by atomic mass is 9.94. The molecule has 1 fully saturated rings. The number of rotatable bonds is 9. The maximum Gasteiger partial charge on any atom is 0.300 e. The molecule has 4 rings (SSSR count). The van der Waals surface area contributed by atoms with Crippen molar-refractivity contribution < 1.29 is 24.2 Å². The summed E-state index contributed by atoms with van der Waals surface area (Å²) < 4.78 is 11.6. The minimum absolute atomic E-state index is 0.0224. The Hall–Kier alpha value is -4.26. The maximum atomic E-state index is 13.5. The van der Waals surface area contributed by atoms with E-state index in [2.05, 4.69) is 0 Å². The number of amides is 1. The number of carbonyl (C=O) groups excluding carboxylic acids is 2. The summed E-state index contributed by atoms with van der Waals surface area (Å²) in [6.07, 6.45) is 0.780. The van der Waals surface area contributed by atoms with E-state index in [0.29, 0.717) is 34.9 Å². The Morgan fingerprint density at radius 1 is 0.974 bits per heavy atom. The quantitative estimate of drug-likeness (QED) is 0.216. The third-order valence-electron chi connectivity index (χ3n) is 6.22. The van der Waals surface area contributed by atoms with Crippen molar-refractivity contribution in [3.8, 4) is 11.5 Å². The number of Topliss-reactive ketones (excluding diaryl/α,β-unsaturated/α-hetero) is 1. The highest BCUT2D eigenvalue weighted by Crippen LogP contribution is 2.43. The molecule has 1 heterocycles. The first-order valence-corrected chi connectivity index (χ1v) is 12.8. The molecule has 0 spiro atoms. The maximum absolute atomic E-state index is 13.5. The summed E-state index contributed by atoms with van der Waals surface area (Å²) in [5.74, 6) is -0.549. The predicted octanol–water partition coefficient (Wildman–Crippen LogP) is 5.95. The smallest absolute Gasteiger partial charge is 0.300 e. The Labute approximate surface area is 223 Å². The van der Waals surface area contributed by atoms with Crippen LogP contribution in [0.1, 0.15) is 44.4 Å². The highest BCUT2D eigenvalue weighted by Gasteiger charge is 2.47. The highest BCUT2D eigenvalue weighted by molar-refractivity contribution is 6.51. The molecule has 3 aromatic rings. The monoisotopic (exact) mass is 514 g/mol. The number of aliphatic hydroxyl groups is 1. The van der Waals surface area contributed by atoms with Crippen LogP contribution in [0.15, 0.2) is 78.4 Å². The van der Waals surface area contributed by atoms with Crippen LogP contribution in [0.25, 0.3) is 5.76 Å². The first-order chi connectivity index (χ1) is 18.2. The SMILES string of the molecule is CCCOc1cccc(N2C(=O)C(=O)/C(=C(/O)c3cccc(OC(C)C)c3)C2c2ccc(N(C)C)cc2)c1. The zero-order valence-corrected chi connectivity index (χ0v) is 22.5. The Bertz CT molecular complexity index is 1340. The molecule has 1 saturated heterocycles. The highest BCUT2D eigenvalue weighted by atomic mass is 16.5. The Kier molecular flexibility index (Phi) is 8.05. The van der Waals surface area contributed by atoms with Crippen molar-refractivity contribution in [2.45, 2.75) is 39.3 Å². The molecule has 0 radical (unpaired) electrons. The molecule has 7 nitrogen and oxygen atoms in total. The number of aliphatic hydroxyl groups excluding tert-OH is 1. The van der Waals surface area contributed by atoms with Crippen LogP contribution >= 0.6 is 0 Å². The Morgan fingerprint density at radius 3 is 2.32 bits per heavy atom. The van der Waals surface area contributed by atoms with Crippen LogP contribution in [0.5, 0.6) is 11.5 Å². The molecule has 1 unspecified atom stereocenters. The van der Waals surface area contributed by atoms with E-state index in [4.69, 9.17) is 9.47 Å². The zero-order chi connectivity index (χ0) is 27.4. The third kappa shape index (κ3) is 5.52. The van der Waals surface area contributed by atoms with Gasteiger partial charge in [0.1, 0.15) is 17.3 Å². The molecule has 1 amide bonds. The van der Waals surface area contributed by atoms with Crippen molar-refractivity contribution in [1.29, 1.82) is 0 Å². The summed E-state index contributed by atoms with van der Waals surface area (Å²) in [5, 5.41) is 11.5. The lowest BCUT2D eigenvalue weighted by Crippen LogP contribution is -2.29. The van der Waals surface area contributed by atoms with Gasteiger partial charge in [-0.2, -0.15) is 0 Å². The molecule has 1 aliphatic rings. The molecule has 198 valence electrons. The van der Waals surface area contributed by atoms with Gasteiger partial charge < -0.3 is 19.5 Å². The first kappa shape index (κ1) is 26.8. The molecule has 7 heteroatoms. The van der Waals surface area contributed by atoms with Gasteiger partial charge in [-0.15, -0.1) is 0 Å². The summed E-state index contributed by atoms with van der Waals surface area (Å²) in [6.45, 7) is 6.37. The van der Waals surface area contributed by atoms with Crippen LogP contribution in [0.2, 0.25) is 0 Å². The minimum Gasteiger partial charge on any atom is -0.507 e. The van der Waals surface area contributed by atoms with Crippen LogP contribution in [-0.4, -0.2) is 43.6 Å². The van der Waals surface area contributed by atoms with E-state index in [1.807, 2.05) is 70.1 Å². The molecule has 0 aliphatic carbocycles. The van der Waals surface area contributed by atoms with E-state index < -0.39 is 17.7 Å². The number of ether oxygens (including phenoxy) is 2. The van der Waals surface area contributed by atoms with Crippen molar-refractivity contribution in [2.24, 2.45) is 0 Å². The topological polar surface area (TPSA) is 79.3 Å².